The summed E-state index contributed by atoms with van der Waals surface area (Å²) in [6.07, 6.45) is 0.252. The van der Waals surface area contributed by atoms with Crippen molar-refractivity contribution in [3.05, 3.63) is 28.2 Å². The van der Waals surface area contributed by atoms with Crippen LogP contribution in [0.3, 0.4) is 0 Å². The van der Waals surface area contributed by atoms with E-state index in [-0.39, 0.29) is 12.3 Å². The highest BCUT2D eigenvalue weighted by Crippen LogP contribution is 2.25. The lowest BCUT2D eigenvalue weighted by Crippen LogP contribution is -2.49. The molecule has 1 N–H and O–H groups in total. The minimum atomic E-state index is -0.464. The van der Waals surface area contributed by atoms with Crippen molar-refractivity contribution in [2.24, 2.45) is 0 Å². The minimum Gasteiger partial charge on any atom is -0.465 e. The molecular weight excluding hydrogens is 316 g/mol. The van der Waals surface area contributed by atoms with Gasteiger partial charge in [-0.3, -0.25) is 15.0 Å². The quantitative estimate of drug-likeness (QED) is 0.839. The number of rotatable bonds is 2. The van der Waals surface area contributed by atoms with Crippen LogP contribution in [0.1, 0.15) is 16.8 Å². The van der Waals surface area contributed by atoms with Crippen molar-refractivity contribution in [3.63, 3.8) is 0 Å². The molecule has 0 aliphatic carbocycles. The molecule has 1 aromatic rings. The predicted octanol–water partition coefficient (Wildman–Crippen LogP) is 1.68. The molecule has 0 unspecified atom stereocenters. The van der Waals surface area contributed by atoms with Crippen LogP contribution in [0, 0.1) is 0 Å². The first-order valence-corrected chi connectivity index (χ1v) is 6.31. The van der Waals surface area contributed by atoms with Crippen molar-refractivity contribution in [2.45, 2.75) is 6.42 Å². The van der Waals surface area contributed by atoms with Crippen molar-refractivity contribution in [2.75, 3.05) is 18.6 Å². The van der Waals surface area contributed by atoms with Gasteiger partial charge < -0.3 is 4.74 Å². The Kier molecular flexibility index (Phi) is 3.84. The average molecular weight is 327 g/mol. The second-order valence-electron chi connectivity index (χ2n) is 3.91. The van der Waals surface area contributed by atoms with Gasteiger partial charge in [0, 0.05) is 23.1 Å². The van der Waals surface area contributed by atoms with Gasteiger partial charge in [0.15, 0.2) is 0 Å². The molecule has 0 atom stereocenters. The molecule has 1 aromatic carbocycles. The van der Waals surface area contributed by atoms with Gasteiger partial charge in [0.1, 0.15) is 0 Å². The number of benzene rings is 1. The van der Waals surface area contributed by atoms with E-state index in [4.69, 9.17) is 0 Å². The van der Waals surface area contributed by atoms with Gasteiger partial charge in [-0.15, -0.1) is 0 Å². The number of nitrogens with one attached hydrogen (secondary N) is 1. The Bertz CT molecular complexity index is 559. The Morgan fingerprint density at radius 3 is 2.74 bits per heavy atom. The first-order chi connectivity index (χ1) is 9.02. The van der Waals surface area contributed by atoms with Gasteiger partial charge in [0.05, 0.1) is 12.7 Å². The molecule has 3 amide bonds. The summed E-state index contributed by atoms with van der Waals surface area (Å²) in [6.45, 7) is 0.314. The summed E-state index contributed by atoms with van der Waals surface area (Å²) in [5.41, 5.74) is 0.976. The van der Waals surface area contributed by atoms with E-state index >= 15 is 0 Å². The van der Waals surface area contributed by atoms with E-state index in [0.717, 1.165) is 0 Å². The van der Waals surface area contributed by atoms with Crippen LogP contribution in [0.5, 0.6) is 0 Å². The van der Waals surface area contributed by atoms with E-state index in [1.165, 1.54) is 12.0 Å². The molecule has 100 valence electrons. The van der Waals surface area contributed by atoms with Gasteiger partial charge in [0.25, 0.3) is 0 Å². The lowest BCUT2D eigenvalue weighted by Gasteiger charge is -2.26. The highest BCUT2D eigenvalue weighted by atomic mass is 79.9. The Morgan fingerprint density at radius 2 is 2.16 bits per heavy atom. The van der Waals surface area contributed by atoms with E-state index < -0.39 is 12.0 Å². The van der Waals surface area contributed by atoms with Crippen LogP contribution in [0.15, 0.2) is 22.7 Å². The standard InChI is InChI=1S/C12H11BrN2O4/c1-19-11(17)8-3-2-7(6-9(8)13)15-5-4-10(16)14-12(15)18/h2-3,6H,4-5H2,1H3,(H,14,16,18). The molecule has 1 saturated heterocycles. The molecule has 1 heterocycles. The number of halogens is 1. The van der Waals surface area contributed by atoms with Crippen molar-refractivity contribution < 1.29 is 19.1 Å². The van der Waals surface area contributed by atoms with Gasteiger partial charge in [-0.2, -0.15) is 0 Å². The highest BCUT2D eigenvalue weighted by Gasteiger charge is 2.25. The number of methoxy groups -OCH3 is 1. The Hall–Kier alpha value is -1.89. The maximum atomic E-state index is 11.7. The zero-order valence-electron chi connectivity index (χ0n) is 10.1. The summed E-state index contributed by atoms with van der Waals surface area (Å²) in [7, 11) is 1.30. The maximum Gasteiger partial charge on any atom is 0.339 e. The molecule has 1 aliphatic heterocycles. The molecule has 0 aromatic heterocycles. The van der Waals surface area contributed by atoms with Crippen LogP contribution in [-0.2, 0) is 9.53 Å². The highest BCUT2D eigenvalue weighted by molar-refractivity contribution is 9.10. The zero-order chi connectivity index (χ0) is 14.0. The maximum absolute atomic E-state index is 11.7. The van der Waals surface area contributed by atoms with Crippen LogP contribution in [0.4, 0.5) is 10.5 Å². The number of hydrogen-bond acceptors (Lipinski definition) is 4. The molecule has 1 fully saturated rings. The van der Waals surface area contributed by atoms with Crippen molar-refractivity contribution >= 4 is 39.5 Å². The van der Waals surface area contributed by atoms with Crippen LogP contribution >= 0.6 is 15.9 Å². The smallest absolute Gasteiger partial charge is 0.339 e. The summed E-state index contributed by atoms with van der Waals surface area (Å²) < 4.78 is 5.16. The summed E-state index contributed by atoms with van der Waals surface area (Å²) in [5.74, 6) is -0.747. The van der Waals surface area contributed by atoms with Crippen LogP contribution in [-0.4, -0.2) is 31.6 Å². The summed E-state index contributed by atoms with van der Waals surface area (Å²) in [6, 6.07) is 4.37. The van der Waals surface area contributed by atoms with Crippen molar-refractivity contribution in [1.82, 2.24) is 5.32 Å². The number of amides is 3. The number of esters is 1. The Morgan fingerprint density at radius 1 is 1.42 bits per heavy atom. The first kappa shape index (κ1) is 13.5. The molecular formula is C12H11BrN2O4. The lowest BCUT2D eigenvalue weighted by atomic mass is 10.2. The molecule has 0 bridgehead atoms. The van der Waals surface area contributed by atoms with Gasteiger partial charge in [-0.05, 0) is 34.1 Å². The zero-order valence-corrected chi connectivity index (χ0v) is 11.7. The van der Waals surface area contributed by atoms with Gasteiger partial charge >= 0.3 is 12.0 Å². The van der Waals surface area contributed by atoms with E-state index in [1.807, 2.05) is 0 Å². The van der Waals surface area contributed by atoms with E-state index in [9.17, 15) is 14.4 Å². The van der Waals surface area contributed by atoms with Crippen molar-refractivity contribution in [1.29, 1.82) is 0 Å². The molecule has 6 nitrogen and oxygen atoms in total. The molecule has 0 radical (unpaired) electrons. The van der Waals surface area contributed by atoms with E-state index in [0.29, 0.717) is 22.3 Å². The van der Waals surface area contributed by atoms with Gasteiger partial charge in [-0.25, -0.2) is 9.59 Å². The van der Waals surface area contributed by atoms with E-state index in [2.05, 4.69) is 26.0 Å². The number of carbonyl (C=O) groups excluding carboxylic acids is 3. The fraction of sp³-hybridized carbons (Fsp3) is 0.250. The number of hydrogen-bond donors (Lipinski definition) is 1. The molecule has 2 rings (SSSR count). The Balaban J connectivity index is 2.27. The van der Waals surface area contributed by atoms with Crippen LogP contribution in [0.25, 0.3) is 0 Å². The number of anilines is 1. The summed E-state index contributed by atoms with van der Waals surface area (Å²) in [5, 5.41) is 2.24. The number of ether oxygens (including phenoxy) is 1. The third kappa shape index (κ3) is 2.76. The third-order valence-corrected chi connectivity index (χ3v) is 3.38. The second kappa shape index (κ2) is 5.40. The van der Waals surface area contributed by atoms with Crippen molar-refractivity contribution in [3.8, 4) is 0 Å². The van der Waals surface area contributed by atoms with Crippen LogP contribution in [0.2, 0.25) is 0 Å². The number of urea groups is 1. The molecule has 1 aliphatic rings. The topological polar surface area (TPSA) is 75.7 Å². The van der Waals surface area contributed by atoms with Gasteiger partial charge in [-0.1, -0.05) is 0 Å². The Labute approximate surface area is 117 Å². The van der Waals surface area contributed by atoms with E-state index in [1.54, 1.807) is 18.2 Å². The summed E-state index contributed by atoms with van der Waals surface area (Å²) in [4.78, 5) is 35.6. The largest absolute Gasteiger partial charge is 0.465 e. The number of carbonyl (C=O) groups is 3. The molecule has 19 heavy (non-hydrogen) atoms. The molecule has 7 heteroatoms. The minimum absolute atomic E-state index is 0.252. The number of imide groups is 1. The van der Waals surface area contributed by atoms with Crippen LogP contribution < -0.4 is 10.2 Å². The fourth-order valence-corrected chi connectivity index (χ4v) is 2.29. The van der Waals surface area contributed by atoms with Gasteiger partial charge in [0.2, 0.25) is 5.91 Å². The lowest BCUT2D eigenvalue weighted by molar-refractivity contribution is -0.120. The second-order valence-corrected chi connectivity index (χ2v) is 4.77. The fourth-order valence-electron chi connectivity index (χ4n) is 1.76. The average Bonchev–Trinajstić information content (AvgIpc) is 2.37. The number of nitrogens with zero attached hydrogens (tertiary/aromatic N) is 1. The summed E-state index contributed by atoms with van der Waals surface area (Å²) >= 11 is 3.26. The SMILES string of the molecule is COC(=O)c1ccc(N2CCC(=O)NC2=O)cc1Br. The predicted molar refractivity (Wildman–Crippen MR) is 71.0 cm³/mol. The monoisotopic (exact) mass is 326 g/mol. The normalized spacial score (nSPS) is 15.2. The molecule has 0 spiro atoms. The third-order valence-electron chi connectivity index (χ3n) is 2.72. The molecule has 0 saturated carbocycles. The first-order valence-electron chi connectivity index (χ1n) is 5.52.